The van der Waals surface area contributed by atoms with E-state index < -0.39 is 0 Å². The van der Waals surface area contributed by atoms with Gasteiger partial charge in [0.15, 0.2) is 0 Å². The molecule has 2 aromatic carbocycles. The zero-order chi connectivity index (χ0) is 12.5. The molecule has 1 aliphatic rings. The predicted molar refractivity (Wildman–Crippen MR) is 83.9 cm³/mol. The van der Waals surface area contributed by atoms with E-state index in [0.717, 1.165) is 4.47 Å². The monoisotopic (exact) mass is 364 g/mol. The second kappa shape index (κ2) is 5.18. The maximum atomic E-state index is 3.69. The summed E-state index contributed by atoms with van der Waals surface area (Å²) < 4.78 is 2.41. The normalized spacial score (nSPS) is 14.3. The molecule has 0 atom stereocenters. The summed E-state index contributed by atoms with van der Waals surface area (Å²) in [5.41, 5.74) is 5.78. The summed E-state index contributed by atoms with van der Waals surface area (Å²) in [5.74, 6) is 0. The third kappa shape index (κ3) is 2.28. The highest BCUT2D eigenvalue weighted by Crippen LogP contribution is 2.36. The third-order valence-electron chi connectivity index (χ3n) is 3.63. The lowest BCUT2D eigenvalue weighted by Crippen LogP contribution is -2.05. The highest BCUT2D eigenvalue weighted by Gasteiger charge is 2.16. The van der Waals surface area contributed by atoms with Crippen LogP contribution in [0.15, 0.2) is 45.3 Å². The average molecular weight is 366 g/mol. The lowest BCUT2D eigenvalue weighted by atomic mass is 9.86. The first kappa shape index (κ1) is 12.4. The summed E-state index contributed by atoms with van der Waals surface area (Å²) in [6, 6.07) is 13.1. The molecule has 0 spiro atoms. The van der Waals surface area contributed by atoms with E-state index in [-0.39, 0.29) is 0 Å². The standard InChI is InChI=1S/C16H14Br2/c17-12-7-5-11(6-8-12)13-9-10-16(18)15-4-2-1-3-14(13)15/h5-10H,1-4H2. The minimum atomic E-state index is 1.14. The van der Waals surface area contributed by atoms with Gasteiger partial charge in [0.1, 0.15) is 0 Å². The summed E-state index contributed by atoms with van der Waals surface area (Å²) in [7, 11) is 0. The second-order valence-corrected chi connectivity index (χ2v) is 6.54. The number of benzene rings is 2. The van der Waals surface area contributed by atoms with Crippen molar-refractivity contribution in [2.45, 2.75) is 25.7 Å². The van der Waals surface area contributed by atoms with E-state index in [9.17, 15) is 0 Å². The molecule has 0 amide bonds. The van der Waals surface area contributed by atoms with Crippen LogP contribution >= 0.6 is 31.9 Å². The molecular formula is C16H14Br2. The zero-order valence-corrected chi connectivity index (χ0v) is 13.2. The topological polar surface area (TPSA) is 0 Å². The SMILES string of the molecule is Brc1ccc(-c2ccc(Br)c3c2CCCC3)cc1. The molecule has 92 valence electrons. The highest BCUT2D eigenvalue weighted by molar-refractivity contribution is 9.10. The van der Waals surface area contributed by atoms with Crippen LogP contribution in [0.2, 0.25) is 0 Å². The van der Waals surface area contributed by atoms with E-state index >= 15 is 0 Å². The molecule has 0 unspecified atom stereocenters. The van der Waals surface area contributed by atoms with Crippen molar-refractivity contribution >= 4 is 31.9 Å². The van der Waals surface area contributed by atoms with Crippen LogP contribution in [0.1, 0.15) is 24.0 Å². The van der Waals surface area contributed by atoms with Crippen molar-refractivity contribution in [2.75, 3.05) is 0 Å². The maximum Gasteiger partial charge on any atom is 0.0210 e. The first-order valence-electron chi connectivity index (χ1n) is 6.32. The lowest BCUT2D eigenvalue weighted by molar-refractivity contribution is 0.684. The fourth-order valence-corrected chi connectivity index (χ4v) is 3.56. The van der Waals surface area contributed by atoms with Crippen LogP contribution in [0, 0.1) is 0 Å². The van der Waals surface area contributed by atoms with Crippen LogP contribution in [-0.4, -0.2) is 0 Å². The minimum absolute atomic E-state index is 1.14. The molecule has 18 heavy (non-hydrogen) atoms. The van der Waals surface area contributed by atoms with Gasteiger partial charge in [-0.2, -0.15) is 0 Å². The molecule has 1 aliphatic carbocycles. The molecule has 3 rings (SSSR count). The Kier molecular flexibility index (Phi) is 3.58. The molecule has 0 aromatic heterocycles. The Morgan fingerprint density at radius 1 is 0.722 bits per heavy atom. The smallest absolute Gasteiger partial charge is 0.0210 e. The molecule has 0 nitrogen and oxygen atoms in total. The number of hydrogen-bond donors (Lipinski definition) is 0. The lowest BCUT2D eigenvalue weighted by Gasteiger charge is -2.21. The predicted octanol–water partition coefficient (Wildman–Crippen LogP) is 5.76. The molecule has 2 aromatic rings. The van der Waals surface area contributed by atoms with E-state index in [4.69, 9.17) is 0 Å². The van der Waals surface area contributed by atoms with Crippen LogP contribution < -0.4 is 0 Å². The molecule has 0 bridgehead atoms. The highest BCUT2D eigenvalue weighted by atomic mass is 79.9. The zero-order valence-electron chi connectivity index (χ0n) is 10.0. The Balaban J connectivity index is 2.15. The van der Waals surface area contributed by atoms with E-state index in [1.54, 1.807) is 0 Å². The first-order valence-corrected chi connectivity index (χ1v) is 7.90. The Morgan fingerprint density at radius 2 is 1.39 bits per heavy atom. The number of hydrogen-bond acceptors (Lipinski definition) is 0. The van der Waals surface area contributed by atoms with Crippen molar-refractivity contribution < 1.29 is 0 Å². The Bertz CT molecular complexity index is 570. The maximum absolute atomic E-state index is 3.69. The van der Waals surface area contributed by atoms with Crippen LogP contribution in [0.3, 0.4) is 0 Å². The number of fused-ring (bicyclic) bond motifs is 1. The molecule has 0 saturated carbocycles. The Labute approximate surface area is 125 Å². The number of halogens is 2. The first-order chi connectivity index (χ1) is 8.75. The molecule has 0 saturated heterocycles. The van der Waals surface area contributed by atoms with Gasteiger partial charge in [-0.25, -0.2) is 0 Å². The molecule has 0 aliphatic heterocycles. The van der Waals surface area contributed by atoms with Crippen molar-refractivity contribution in [3.63, 3.8) is 0 Å². The molecule has 0 fully saturated rings. The molecule has 0 N–H and O–H groups in total. The van der Waals surface area contributed by atoms with E-state index in [1.165, 1.54) is 52.4 Å². The van der Waals surface area contributed by atoms with Gasteiger partial charge in [-0.3, -0.25) is 0 Å². The van der Waals surface area contributed by atoms with Crippen LogP contribution in [-0.2, 0) is 12.8 Å². The molecule has 0 heterocycles. The van der Waals surface area contributed by atoms with Gasteiger partial charge >= 0.3 is 0 Å². The largest absolute Gasteiger partial charge is 0.0533 e. The molecule has 2 heteroatoms. The third-order valence-corrected chi connectivity index (χ3v) is 4.90. The van der Waals surface area contributed by atoms with Crippen molar-refractivity contribution in [3.05, 3.63) is 56.5 Å². The van der Waals surface area contributed by atoms with Gasteiger partial charge in [-0.1, -0.05) is 50.1 Å². The van der Waals surface area contributed by atoms with Gasteiger partial charge in [-0.15, -0.1) is 0 Å². The summed E-state index contributed by atoms with van der Waals surface area (Å²) in [6.07, 6.45) is 5.04. The molecule has 0 radical (unpaired) electrons. The Morgan fingerprint density at radius 3 is 2.11 bits per heavy atom. The van der Waals surface area contributed by atoms with Gasteiger partial charge < -0.3 is 0 Å². The van der Waals surface area contributed by atoms with E-state index in [0.29, 0.717) is 0 Å². The van der Waals surface area contributed by atoms with Gasteiger partial charge in [0.05, 0.1) is 0 Å². The Hall–Kier alpha value is -0.600. The van der Waals surface area contributed by atoms with Crippen LogP contribution in [0.4, 0.5) is 0 Å². The second-order valence-electron chi connectivity index (χ2n) is 4.77. The van der Waals surface area contributed by atoms with Crippen molar-refractivity contribution in [2.24, 2.45) is 0 Å². The van der Waals surface area contributed by atoms with Crippen molar-refractivity contribution in [3.8, 4) is 11.1 Å². The van der Waals surface area contributed by atoms with E-state index in [2.05, 4.69) is 68.3 Å². The van der Waals surface area contributed by atoms with Gasteiger partial charge in [0.25, 0.3) is 0 Å². The van der Waals surface area contributed by atoms with Crippen LogP contribution in [0.25, 0.3) is 11.1 Å². The van der Waals surface area contributed by atoms with Crippen LogP contribution in [0.5, 0.6) is 0 Å². The fourth-order valence-electron chi connectivity index (χ4n) is 2.72. The summed E-state index contributed by atoms with van der Waals surface area (Å²) in [4.78, 5) is 0. The van der Waals surface area contributed by atoms with Gasteiger partial charge in [0, 0.05) is 8.95 Å². The minimum Gasteiger partial charge on any atom is -0.0533 e. The summed E-state index contributed by atoms with van der Waals surface area (Å²) in [5, 5.41) is 0. The van der Waals surface area contributed by atoms with Gasteiger partial charge in [0.2, 0.25) is 0 Å². The van der Waals surface area contributed by atoms with Crippen molar-refractivity contribution in [1.29, 1.82) is 0 Å². The quantitative estimate of drug-likeness (QED) is 0.602. The fraction of sp³-hybridized carbons (Fsp3) is 0.250. The summed E-state index contributed by atoms with van der Waals surface area (Å²) >= 11 is 7.19. The summed E-state index contributed by atoms with van der Waals surface area (Å²) in [6.45, 7) is 0. The van der Waals surface area contributed by atoms with E-state index in [1.807, 2.05) is 0 Å². The number of rotatable bonds is 1. The van der Waals surface area contributed by atoms with Gasteiger partial charge in [-0.05, 0) is 66.1 Å². The van der Waals surface area contributed by atoms with Crippen molar-refractivity contribution in [1.82, 2.24) is 0 Å². The average Bonchev–Trinajstić information content (AvgIpc) is 2.41. The molecular weight excluding hydrogens is 352 g/mol.